The first-order valence-electron chi connectivity index (χ1n) is 10.5. The van der Waals surface area contributed by atoms with Crippen LogP contribution in [0.25, 0.3) is 16.8 Å². The van der Waals surface area contributed by atoms with Crippen LogP contribution in [0.3, 0.4) is 0 Å². The summed E-state index contributed by atoms with van der Waals surface area (Å²) in [6.07, 6.45) is 4.07. The van der Waals surface area contributed by atoms with Crippen LogP contribution in [0.5, 0.6) is 0 Å². The Balaban J connectivity index is 1.67. The lowest BCUT2D eigenvalue weighted by Crippen LogP contribution is -2.34. The smallest absolute Gasteiger partial charge is 0.294 e. The van der Waals surface area contributed by atoms with Crippen molar-refractivity contribution in [2.24, 2.45) is 0 Å². The SMILES string of the molecule is CC#CCc1cn(C(C)(C)C)c(=O)n1Cc1ccc(-c2ccccc2-n2cnnn2)cc1. The highest BCUT2D eigenvalue weighted by molar-refractivity contribution is 5.72. The minimum atomic E-state index is -0.291. The molecule has 0 fully saturated rings. The first-order chi connectivity index (χ1) is 15.4. The maximum Gasteiger partial charge on any atom is 0.329 e. The van der Waals surface area contributed by atoms with E-state index in [1.54, 1.807) is 15.6 Å². The van der Waals surface area contributed by atoms with Crippen molar-refractivity contribution in [2.45, 2.75) is 46.2 Å². The van der Waals surface area contributed by atoms with Crippen molar-refractivity contribution in [3.05, 3.63) is 82.8 Å². The van der Waals surface area contributed by atoms with Gasteiger partial charge in [-0.2, -0.15) is 4.68 Å². The summed E-state index contributed by atoms with van der Waals surface area (Å²) in [5.41, 5.74) is 4.65. The molecule has 7 nitrogen and oxygen atoms in total. The molecule has 0 spiro atoms. The highest BCUT2D eigenvalue weighted by Crippen LogP contribution is 2.26. The standard InChI is InChI=1S/C25H26N6O/c1-5-6-9-21-17-30(25(2,3)4)24(32)29(21)16-19-12-14-20(15-13-19)22-10-7-8-11-23(22)31-18-26-27-28-31/h7-8,10-15,17-18H,9,16H2,1-4H3. The third-order valence-corrected chi connectivity index (χ3v) is 5.34. The van der Waals surface area contributed by atoms with Crippen LogP contribution in [0, 0.1) is 11.8 Å². The number of tetrazole rings is 1. The molecule has 0 unspecified atom stereocenters. The Morgan fingerprint density at radius 2 is 1.78 bits per heavy atom. The Morgan fingerprint density at radius 3 is 2.44 bits per heavy atom. The third-order valence-electron chi connectivity index (χ3n) is 5.34. The predicted molar refractivity (Wildman–Crippen MR) is 125 cm³/mol. The molecule has 0 amide bonds. The van der Waals surface area contributed by atoms with E-state index in [9.17, 15) is 4.79 Å². The minimum absolute atomic E-state index is 0.0153. The van der Waals surface area contributed by atoms with Crippen LogP contribution in [0.2, 0.25) is 0 Å². The first kappa shape index (κ1) is 21.3. The molecule has 32 heavy (non-hydrogen) atoms. The van der Waals surface area contributed by atoms with E-state index in [1.165, 1.54) is 0 Å². The summed E-state index contributed by atoms with van der Waals surface area (Å²) in [5.74, 6) is 6.02. The number of hydrogen-bond donors (Lipinski definition) is 0. The quantitative estimate of drug-likeness (QED) is 0.457. The molecule has 4 aromatic rings. The summed E-state index contributed by atoms with van der Waals surface area (Å²) >= 11 is 0. The van der Waals surface area contributed by atoms with Gasteiger partial charge < -0.3 is 0 Å². The minimum Gasteiger partial charge on any atom is -0.294 e. The summed E-state index contributed by atoms with van der Waals surface area (Å²) < 4.78 is 5.26. The number of hydrogen-bond acceptors (Lipinski definition) is 4. The van der Waals surface area contributed by atoms with Gasteiger partial charge >= 0.3 is 5.69 Å². The molecule has 7 heteroatoms. The van der Waals surface area contributed by atoms with Crippen molar-refractivity contribution in [1.82, 2.24) is 29.3 Å². The van der Waals surface area contributed by atoms with Crippen molar-refractivity contribution < 1.29 is 0 Å². The molecule has 2 aromatic carbocycles. The van der Waals surface area contributed by atoms with Gasteiger partial charge in [-0.1, -0.05) is 48.4 Å². The van der Waals surface area contributed by atoms with Crippen molar-refractivity contribution in [3.8, 4) is 28.7 Å². The Kier molecular flexibility index (Phi) is 5.78. The van der Waals surface area contributed by atoms with E-state index in [-0.39, 0.29) is 11.2 Å². The molecular weight excluding hydrogens is 400 g/mol. The van der Waals surface area contributed by atoms with Gasteiger partial charge in [-0.25, -0.2) is 4.79 Å². The van der Waals surface area contributed by atoms with E-state index in [2.05, 4.69) is 51.6 Å². The summed E-state index contributed by atoms with van der Waals surface area (Å²) in [4.78, 5) is 13.1. The number of imidazole rings is 1. The first-order valence-corrected chi connectivity index (χ1v) is 10.5. The maximum atomic E-state index is 13.1. The van der Waals surface area contributed by atoms with Crippen LogP contribution >= 0.6 is 0 Å². The fourth-order valence-corrected chi connectivity index (χ4v) is 3.66. The monoisotopic (exact) mass is 426 g/mol. The van der Waals surface area contributed by atoms with Crippen LogP contribution in [0.15, 0.2) is 65.8 Å². The number of benzene rings is 2. The van der Waals surface area contributed by atoms with Crippen LogP contribution in [0.4, 0.5) is 0 Å². The van der Waals surface area contributed by atoms with Crippen molar-refractivity contribution in [2.75, 3.05) is 0 Å². The maximum absolute atomic E-state index is 13.1. The Morgan fingerprint density at radius 1 is 1.03 bits per heavy atom. The largest absolute Gasteiger partial charge is 0.329 e. The number of para-hydroxylation sites is 1. The van der Waals surface area contributed by atoms with Gasteiger partial charge in [-0.15, -0.1) is 11.0 Å². The average molecular weight is 427 g/mol. The van der Waals surface area contributed by atoms with Crippen LogP contribution in [0.1, 0.15) is 39.0 Å². The Labute approximate surface area is 187 Å². The summed E-state index contributed by atoms with van der Waals surface area (Å²) in [5, 5.41) is 11.5. The fourth-order valence-electron chi connectivity index (χ4n) is 3.66. The lowest BCUT2D eigenvalue weighted by molar-refractivity contribution is 0.380. The zero-order valence-electron chi connectivity index (χ0n) is 18.8. The van der Waals surface area contributed by atoms with Crippen LogP contribution < -0.4 is 5.69 Å². The summed E-state index contributed by atoms with van der Waals surface area (Å²) in [6.45, 7) is 8.41. The number of nitrogens with zero attached hydrogens (tertiary/aromatic N) is 6. The molecule has 0 N–H and O–H groups in total. The third kappa shape index (κ3) is 4.26. The van der Waals surface area contributed by atoms with Gasteiger partial charge in [0.25, 0.3) is 0 Å². The predicted octanol–water partition coefficient (Wildman–Crippen LogP) is 3.66. The molecule has 0 bridgehead atoms. The molecule has 4 rings (SSSR count). The number of rotatable bonds is 5. The Bertz CT molecular complexity index is 1330. The molecule has 162 valence electrons. The van der Waals surface area contributed by atoms with Gasteiger partial charge in [0, 0.05) is 17.3 Å². The molecule has 0 radical (unpaired) electrons. The summed E-state index contributed by atoms with van der Waals surface area (Å²) in [6, 6.07) is 16.2. The molecule has 2 aromatic heterocycles. The van der Waals surface area contributed by atoms with Gasteiger partial charge in [0.05, 0.1) is 24.3 Å². The molecule has 2 heterocycles. The molecule has 0 aliphatic heterocycles. The molecule has 0 aliphatic rings. The topological polar surface area (TPSA) is 70.5 Å². The molecular formula is C25H26N6O. The second-order valence-electron chi connectivity index (χ2n) is 8.60. The van der Waals surface area contributed by atoms with Crippen molar-refractivity contribution in [3.63, 3.8) is 0 Å². The molecule has 0 aliphatic carbocycles. The van der Waals surface area contributed by atoms with Gasteiger partial charge in [0.15, 0.2) is 0 Å². The highest BCUT2D eigenvalue weighted by atomic mass is 16.1. The van der Waals surface area contributed by atoms with Crippen LogP contribution in [-0.2, 0) is 18.5 Å². The van der Waals surface area contributed by atoms with Gasteiger partial charge in [-0.05, 0) is 55.3 Å². The van der Waals surface area contributed by atoms with E-state index in [0.29, 0.717) is 13.0 Å². The second-order valence-corrected chi connectivity index (χ2v) is 8.60. The molecule has 0 atom stereocenters. The van der Waals surface area contributed by atoms with Crippen molar-refractivity contribution >= 4 is 0 Å². The fraction of sp³-hybridized carbons (Fsp3) is 0.280. The zero-order chi connectivity index (χ0) is 22.7. The van der Waals surface area contributed by atoms with Gasteiger partial charge in [0.1, 0.15) is 6.33 Å². The van der Waals surface area contributed by atoms with E-state index < -0.39 is 0 Å². The lowest BCUT2D eigenvalue weighted by Gasteiger charge is -2.19. The van der Waals surface area contributed by atoms with Crippen LogP contribution in [-0.4, -0.2) is 29.3 Å². The van der Waals surface area contributed by atoms with E-state index in [0.717, 1.165) is 28.1 Å². The lowest BCUT2D eigenvalue weighted by atomic mass is 10.0. The second kappa shape index (κ2) is 8.67. The highest BCUT2D eigenvalue weighted by Gasteiger charge is 2.20. The Hall–Kier alpha value is -3.92. The number of aromatic nitrogens is 6. The van der Waals surface area contributed by atoms with E-state index in [1.807, 2.05) is 62.7 Å². The van der Waals surface area contributed by atoms with E-state index in [4.69, 9.17) is 0 Å². The summed E-state index contributed by atoms with van der Waals surface area (Å²) in [7, 11) is 0. The van der Waals surface area contributed by atoms with Gasteiger partial charge in [-0.3, -0.25) is 9.13 Å². The zero-order valence-corrected chi connectivity index (χ0v) is 18.8. The average Bonchev–Trinajstić information content (AvgIpc) is 3.42. The van der Waals surface area contributed by atoms with E-state index >= 15 is 0 Å². The van der Waals surface area contributed by atoms with Gasteiger partial charge in [0.2, 0.25) is 0 Å². The molecule has 0 saturated carbocycles. The van der Waals surface area contributed by atoms with Crippen molar-refractivity contribution in [1.29, 1.82) is 0 Å². The normalized spacial score (nSPS) is 11.2. The molecule has 0 saturated heterocycles.